The molecule has 1 saturated carbocycles. The van der Waals surface area contributed by atoms with Gasteiger partial charge in [-0.2, -0.15) is 0 Å². The van der Waals surface area contributed by atoms with Crippen molar-refractivity contribution in [2.45, 2.75) is 37.8 Å². The average Bonchev–Trinajstić information content (AvgIpc) is 2.66. The van der Waals surface area contributed by atoms with Crippen molar-refractivity contribution in [1.29, 1.82) is 0 Å². The molecule has 0 amide bonds. The predicted octanol–water partition coefficient (Wildman–Crippen LogP) is 0.145. The summed E-state index contributed by atoms with van der Waals surface area (Å²) in [4.78, 5) is 22.1. The van der Waals surface area contributed by atoms with E-state index in [4.69, 9.17) is 9.47 Å². The summed E-state index contributed by atoms with van der Waals surface area (Å²) in [6.07, 6.45) is 1.19. The zero-order valence-corrected chi connectivity index (χ0v) is 9.91. The molecule has 0 aromatic carbocycles. The zero-order chi connectivity index (χ0) is 13.1. The van der Waals surface area contributed by atoms with Crippen LogP contribution in [0.25, 0.3) is 0 Å². The summed E-state index contributed by atoms with van der Waals surface area (Å²) in [7, 11) is 0. The normalized spacial score (nSPS) is 31.6. The molecule has 0 spiro atoms. The Morgan fingerprint density at radius 1 is 1.61 bits per heavy atom. The number of carbonyl (C=O) groups excluding carboxylic acids is 2. The molecule has 0 aromatic heterocycles. The molecule has 6 heteroatoms. The van der Waals surface area contributed by atoms with Gasteiger partial charge in [0.05, 0.1) is 12.0 Å². The largest absolute Gasteiger partial charge is 0.459 e. The van der Waals surface area contributed by atoms with E-state index in [-0.39, 0.29) is 30.7 Å². The predicted molar refractivity (Wildman–Crippen MR) is 59.3 cm³/mol. The second-order valence-electron chi connectivity index (χ2n) is 4.45. The van der Waals surface area contributed by atoms with Gasteiger partial charge in [-0.3, -0.25) is 4.79 Å². The molecule has 0 aromatic rings. The number of carbonyl (C=O) groups is 2. The Morgan fingerprint density at radius 3 is 3.11 bits per heavy atom. The third kappa shape index (κ3) is 2.88. The van der Waals surface area contributed by atoms with E-state index in [1.54, 1.807) is 0 Å². The molecule has 1 saturated heterocycles. The maximum absolute atomic E-state index is 11.3. The van der Waals surface area contributed by atoms with Crippen molar-refractivity contribution >= 4 is 11.9 Å². The van der Waals surface area contributed by atoms with Gasteiger partial charge in [0.2, 0.25) is 0 Å². The number of aliphatic hydroxyl groups excluding tert-OH is 1. The summed E-state index contributed by atoms with van der Waals surface area (Å²) in [6.45, 7) is 2.98. The summed E-state index contributed by atoms with van der Waals surface area (Å²) < 4.78 is 15.1. The minimum atomic E-state index is -1.21. The maximum atomic E-state index is 11.3. The van der Waals surface area contributed by atoms with Crippen LogP contribution in [0.2, 0.25) is 0 Å². The van der Waals surface area contributed by atoms with Crippen LogP contribution in [-0.4, -0.2) is 42.1 Å². The van der Waals surface area contributed by atoms with Crippen molar-refractivity contribution in [2.75, 3.05) is 6.61 Å². The average molecular weight is 256 g/mol. The van der Waals surface area contributed by atoms with E-state index in [0.717, 1.165) is 6.08 Å². The lowest BCUT2D eigenvalue weighted by molar-refractivity contribution is -0.195. The molecule has 0 radical (unpaired) electrons. The van der Waals surface area contributed by atoms with Crippen molar-refractivity contribution in [3.8, 4) is 0 Å². The molecule has 2 rings (SSSR count). The fourth-order valence-corrected chi connectivity index (χ4v) is 2.29. The molecule has 1 aliphatic heterocycles. The van der Waals surface area contributed by atoms with Crippen LogP contribution >= 0.6 is 0 Å². The fraction of sp³-hybridized carbons (Fsp3) is 0.667. The van der Waals surface area contributed by atoms with Crippen LogP contribution in [0.5, 0.6) is 0 Å². The molecule has 2 fully saturated rings. The number of ether oxygens (including phenoxy) is 3. The molecule has 18 heavy (non-hydrogen) atoms. The second-order valence-corrected chi connectivity index (χ2v) is 4.45. The highest BCUT2D eigenvalue weighted by Gasteiger charge is 2.44. The van der Waals surface area contributed by atoms with E-state index in [1.807, 2.05) is 0 Å². The van der Waals surface area contributed by atoms with Gasteiger partial charge in [0.1, 0.15) is 12.7 Å². The molecule has 2 aliphatic rings. The van der Waals surface area contributed by atoms with Gasteiger partial charge in [0.25, 0.3) is 0 Å². The lowest BCUT2D eigenvalue weighted by atomic mass is 9.88. The maximum Gasteiger partial charge on any atom is 0.330 e. The standard InChI is InChI=1S/C12H16O6/c1-2-10(13)16-6-11(14)17-8-4-3-7-5-9(8)18-12(7)15/h2,7-9,11,14H,1,3-6H2. The van der Waals surface area contributed by atoms with Gasteiger partial charge in [-0.1, -0.05) is 6.58 Å². The van der Waals surface area contributed by atoms with Crippen molar-refractivity contribution in [3.63, 3.8) is 0 Å². The summed E-state index contributed by atoms with van der Waals surface area (Å²) in [6, 6.07) is 0. The van der Waals surface area contributed by atoms with Crippen LogP contribution in [0.3, 0.4) is 0 Å². The molecule has 2 bridgehead atoms. The summed E-state index contributed by atoms with van der Waals surface area (Å²) in [5, 5.41) is 9.56. The van der Waals surface area contributed by atoms with E-state index in [9.17, 15) is 14.7 Å². The van der Waals surface area contributed by atoms with E-state index in [1.165, 1.54) is 0 Å². The number of rotatable bonds is 5. The van der Waals surface area contributed by atoms with Crippen LogP contribution in [-0.2, 0) is 23.8 Å². The van der Waals surface area contributed by atoms with Crippen molar-refractivity contribution in [1.82, 2.24) is 0 Å². The highest BCUT2D eigenvalue weighted by Crippen LogP contribution is 2.36. The van der Waals surface area contributed by atoms with Crippen molar-refractivity contribution in [3.05, 3.63) is 12.7 Å². The Hall–Kier alpha value is -1.40. The third-order valence-electron chi connectivity index (χ3n) is 3.20. The first-order valence-corrected chi connectivity index (χ1v) is 5.93. The monoisotopic (exact) mass is 256 g/mol. The Morgan fingerprint density at radius 2 is 2.39 bits per heavy atom. The van der Waals surface area contributed by atoms with Crippen molar-refractivity contribution < 1.29 is 28.9 Å². The minimum absolute atomic E-state index is 0.0226. The van der Waals surface area contributed by atoms with E-state index in [0.29, 0.717) is 19.3 Å². The van der Waals surface area contributed by atoms with Crippen LogP contribution in [0, 0.1) is 5.92 Å². The SMILES string of the molecule is C=CC(=O)OCC(O)OC1CCC2CC1OC2=O. The van der Waals surface area contributed by atoms with E-state index < -0.39 is 12.3 Å². The smallest absolute Gasteiger partial charge is 0.330 e. The molecule has 4 atom stereocenters. The lowest BCUT2D eigenvalue weighted by Crippen LogP contribution is -2.36. The minimum Gasteiger partial charge on any atom is -0.459 e. The molecule has 6 nitrogen and oxygen atoms in total. The van der Waals surface area contributed by atoms with Gasteiger partial charge in [0.15, 0.2) is 6.29 Å². The van der Waals surface area contributed by atoms with E-state index in [2.05, 4.69) is 11.3 Å². The number of fused-ring (bicyclic) bond motifs is 2. The van der Waals surface area contributed by atoms with E-state index >= 15 is 0 Å². The first-order valence-electron chi connectivity index (χ1n) is 5.93. The molecule has 100 valence electrons. The van der Waals surface area contributed by atoms with Gasteiger partial charge in [-0.05, 0) is 12.8 Å². The molecule has 1 N–H and O–H groups in total. The third-order valence-corrected chi connectivity index (χ3v) is 3.20. The number of aliphatic hydroxyl groups is 1. The first kappa shape index (κ1) is 13.0. The molecule has 4 unspecified atom stereocenters. The fourth-order valence-electron chi connectivity index (χ4n) is 2.29. The van der Waals surface area contributed by atoms with Crippen molar-refractivity contribution in [2.24, 2.45) is 5.92 Å². The Bertz CT molecular complexity index is 352. The quantitative estimate of drug-likeness (QED) is 0.428. The molecule has 1 aliphatic carbocycles. The van der Waals surface area contributed by atoms with Gasteiger partial charge >= 0.3 is 11.9 Å². The Balaban J connectivity index is 1.77. The lowest BCUT2D eigenvalue weighted by Gasteiger charge is -2.27. The van der Waals surface area contributed by atoms with Crippen LogP contribution < -0.4 is 0 Å². The first-order chi connectivity index (χ1) is 8.60. The number of esters is 2. The van der Waals surface area contributed by atoms with Crippen LogP contribution in [0.4, 0.5) is 0 Å². The summed E-state index contributed by atoms with van der Waals surface area (Å²) in [5.41, 5.74) is 0. The summed E-state index contributed by atoms with van der Waals surface area (Å²) in [5.74, 6) is -0.821. The topological polar surface area (TPSA) is 82.1 Å². The highest BCUT2D eigenvalue weighted by atomic mass is 16.7. The highest BCUT2D eigenvalue weighted by molar-refractivity contribution is 5.81. The zero-order valence-electron chi connectivity index (χ0n) is 9.91. The second kappa shape index (κ2) is 5.49. The Kier molecular flexibility index (Phi) is 3.98. The van der Waals surface area contributed by atoms with Crippen LogP contribution in [0.15, 0.2) is 12.7 Å². The molecule has 1 heterocycles. The van der Waals surface area contributed by atoms with Gasteiger partial charge in [-0.25, -0.2) is 4.79 Å². The summed E-state index contributed by atoms with van der Waals surface area (Å²) >= 11 is 0. The molecular weight excluding hydrogens is 240 g/mol. The van der Waals surface area contributed by atoms with Gasteiger partial charge in [-0.15, -0.1) is 0 Å². The number of hydrogen-bond acceptors (Lipinski definition) is 6. The van der Waals surface area contributed by atoms with Crippen LogP contribution in [0.1, 0.15) is 19.3 Å². The van der Waals surface area contributed by atoms with Gasteiger partial charge < -0.3 is 19.3 Å². The number of hydrogen-bond donors (Lipinski definition) is 1. The van der Waals surface area contributed by atoms with Gasteiger partial charge in [0, 0.05) is 12.5 Å². The molecular formula is C12H16O6. The Labute approximate surface area is 105 Å².